The van der Waals surface area contributed by atoms with Crippen molar-refractivity contribution in [2.75, 3.05) is 25.2 Å². The molecule has 2 nitrogen and oxygen atoms in total. The van der Waals surface area contributed by atoms with Gasteiger partial charge in [0.05, 0.1) is 6.10 Å². The molecule has 0 radical (unpaired) electrons. The van der Waals surface area contributed by atoms with Gasteiger partial charge in [0.1, 0.15) is 0 Å². The Balaban J connectivity index is 1.61. The van der Waals surface area contributed by atoms with Gasteiger partial charge >= 0.3 is 0 Å². The molecule has 1 spiro atoms. The van der Waals surface area contributed by atoms with Crippen molar-refractivity contribution in [3.8, 4) is 0 Å². The topological polar surface area (TPSA) is 21.3 Å². The van der Waals surface area contributed by atoms with Crippen LogP contribution in [0.1, 0.15) is 25.7 Å². The molecule has 2 saturated carbocycles. The Labute approximate surface area is 96.5 Å². The van der Waals surface area contributed by atoms with E-state index in [1.54, 1.807) is 0 Å². The van der Waals surface area contributed by atoms with Gasteiger partial charge in [-0.15, -0.1) is 0 Å². The van der Waals surface area contributed by atoms with E-state index >= 15 is 0 Å². The van der Waals surface area contributed by atoms with Crippen LogP contribution >= 0.6 is 11.8 Å². The Bertz CT molecular complexity index is 242. The molecule has 3 heteroatoms. The number of ether oxygens (including phenoxy) is 1. The molecule has 0 aromatic carbocycles. The number of rotatable bonds is 4. The van der Waals surface area contributed by atoms with Gasteiger partial charge in [-0.05, 0) is 25.5 Å². The zero-order chi connectivity index (χ0) is 10.3. The first-order chi connectivity index (χ1) is 7.38. The third-order valence-electron chi connectivity index (χ3n) is 4.71. The summed E-state index contributed by atoms with van der Waals surface area (Å²) in [5.74, 6) is 2.08. The van der Waals surface area contributed by atoms with Crippen LogP contribution in [0.15, 0.2) is 0 Å². The average Bonchev–Trinajstić information content (AvgIpc) is 2.55. The van der Waals surface area contributed by atoms with Crippen molar-refractivity contribution in [1.29, 1.82) is 0 Å². The fraction of sp³-hybridized carbons (Fsp3) is 1.00. The van der Waals surface area contributed by atoms with Gasteiger partial charge in [-0.3, -0.25) is 0 Å². The van der Waals surface area contributed by atoms with E-state index in [4.69, 9.17) is 4.74 Å². The van der Waals surface area contributed by atoms with E-state index in [-0.39, 0.29) is 0 Å². The summed E-state index contributed by atoms with van der Waals surface area (Å²) in [6.07, 6.45) is 8.34. The fourth-order valence-electron chi connectivity index (χ4n) is 3.88. The highest BCUT2D eigenvalue weighted by molar-refractivity contribution is 7.98. The maximum atomic E-state index is 5.90. The van der Waals surface area contributed by atoms with E-state index in [9.17, 15) is 0 Å². The molecule has 3 aliphatic rings. The Hall–Kier alpha value is 0.270. The maximum absolute atomic E-state index is 5.90. The molecule has 3 unspecified atom stereocenters. The minimum Gasteiger partial charge on any atom is -0.377 e. The first-order valence-electron chi connectivity index (χ1n) is 6.22. The van der Waals surface area contributed by atoms with Crippen LogP contribution in [-0.2, 0) is 4.74 Å². The van der Waals surface area contributed by atoms with Crippen LogP contribution in [0.2, 0.25) is 0 Å². The molecule has 0 amide bonds. The third-order valence-corrected chi connectivity index (χ3v) is 5.32. The van der Waals surface area contributed by atoms with Gasteiger partial charge in [-0.25, -0.2) is 0 Å². The van der Waals surface area contributed by atoms with Crippen molar-refractivity contribution in [3.05, 3.63) is 0 Å². The van der Waals surface area contributed by atoms with Gasteiger partial charge in [0, 0.05) is 36.3 Å². The Morgan fingerprint density at radius 2 is 2.33 bits per heavy atom. The van der Waals surface area contributed by atoms with Crippen molar-refractivity contribution in [2.24, 2.45) is 11.3 Å². The monoisotopic (exact) mass is 227 g/mol. The van der Waals surface area contributed by atoms with Gasteiger partial charge in [0.25, 0.3) is 0 Å². The molecule has 1 saturated heterocycles. The van der Waals surface area contributed by atoms with E-state index < -0.39 is 0 Å². The lowest BCUT2D eigenvalue weighted by Crippen LogP contribution is -2.71. The Kier molecular flexibility index (Phi) is 2.74. The lowest BCUT2D eigenvalue weighted by atomic mass is 9.46. The molecule has 1 N–H and O–H groups in total. The molecule has 3 rings (SSSR count). The second-order valence-corrected chi connectivity index (χ2v) is 6.24. The summed E-state index contributed by atoms with van der Waals surface area (Å²) < 4.78 is 5.90. The predicted octanol–water partition coefficient (Wildman–Crippen LogP) is 1.90. The molecule has 0 bridgehead atoms. The van der Waals surface area contributed by atoms with Crippen molar-refractivity contribution >= 4 is 11.8 Å². The predicted molar refractivity (Wildman–Crippen MR) is 64.3 cm³/mol. The van der Waals surface area contributed by atoms with Gasteiger partial charge in [-0.2, -0.15) is 11.8 Å². The standard InChI is InChI=1S/C12H21NOS/c1-15-8-6-13-10-9-3-7-14-11(9)12(10)4-2-5-12/h9-11,13H,2-8H2,1H3. The summed E-state index contributed by atoms with van der Waals surface area (Å²) in [4.78, 5) is 0. The van der Waals surface area contributed by atoms with E-state index in [0.717, 1.165) is 18.6 Å². The number of hydrogen-bond donors (Lipinski definition) is 1. The van der Waals surface area contributed by atoms with Crippen LogP contribution in [0.25, 0.3) is 0 Å². The second-order valence-electron chi connectivity index (χ2n) is 5.26. The molecular weight excluding hydrogens is 206 g/mol. The molecule has 0 aromatic heterocycles. The van der Waals surface area contributed by atoms with E-state index in [1.807, 2.05) is 11.8 Å². The number of nitrogens with one attached hydrogen (secondary N) is 1. The number of hydrogen-bond acceptors (Lipinski definition) is 3. The molecule has 86 valence electrons. The van der Waals surface area contributed by atoms with Crippen LogP contribution in [0, 0.1) is 11.3 Å². The fourth-order valence-corrected chi connectivity index (χ4v) is 4.20. The van der Waals surface area contributed by atoms with Gasteiger partial charge < -0.3 is 10.1 Å². The quantitative estimate of drug-likeness (QED) is 0.741. The number of thioether (sulfide) groups is 1. The van der Waals surface area contributed by atoms with Crippen LogP contribution in [0.4, 0.5) is 0 Å². The zero-order valence-electron chi connectivity index (χ0n) is 9.50. The van der Waals surface area contributed by atoms with Gasteiger partial charge in [0.15, 0.2) is 0 Å². The Morgan fingerprint density at radius 1 is 1.47 bits per heavy atom. The second kappa shape index (κ2) is 3.94. The highest BCUT2D eigenvalue weighted by Gasteiger charge is 2.66. The summed E-state index contributed by atoms with van der Waals surface area (Å²) >= 11 is 1.94. The summed E-state index contributed by atoms with van der Waals surface area (Å²) in [7, 11) is 0. The lowest BCUT2D eigenvalue weighted by molar-refractivity contribution is -0.175. The molecule has 2 aliphatic carbocycles. The minimum atomic E-state index is 0.569. The molecule has 0 aromatic rings. The maximum Gasteiger partial charge on any atom is 0.0690 e. The number of fused-ring (bicyclic) bond motifs is 2. The largest absolute Gasteiger partial charge is 0.377 e. The van der Waals surface area contributed by atoms with Crippen LogP contribution in [0.5, 0.6) is 0 Å². The minimum absolute atomic E-state index is 0.569. The molecule has 3 fully saturated rings. The van der Waals surface area contributed by atoms with Gasteiger partial charge in [0.2, 0.25) is 0 Å². The van der Waals surface area contributed by atoms with Crippen molar-refractivity contribution in [2.45, 2.75) is 37.8 Å². The summed E-state index contributed by atoms with van der Waals surface area (Å²) in [6.45, 7) is 2.19. The molecule has 3 atom stereocenters. The molecule has 1 heterocycles. The third kappa shape index (κ3) is 1.39. The highest BCUT2D eigenvalue weighted by atomic mass is 32.2. The first-order valence-corrected chi connectivity index (χ1v) is 7.62. The smallest absolute Gasteiger partial charge is 0.0690 e. The molecule has 15 heavy (non-hydrogen) atoms. The van der Waals surface area contributed by atoms with Crippen LogP contribution in [0.3, 0.4) is 0 Å². The van der Waals surface area contributed by atoms with E-state index in [0.29, 0.717) is 11.5 Å². The molecule has 1 aliphatic heterocycles. The lowest BCUT2D eigenvalue weighted by Gasteiger charge is -2.63. The summed E-state index contributed by atoms with van der Waals surface area (Å²) in [5, 5.41) is 3.78. The SMILES string of the molecule is CSCCNC1C2CCOC2C12CCC2. The highest BCUT2D eigenvalue weighted by Crippen LogP contribution is 2.62. The summed E-state index contributed by atoms with van der Waals surface area (Å²) in [5.41, 5.74) is 0.569. The zero-order valence-corrected chi connectivity index (χ0v) is 10.3. The first kappa shape index (κ1) is 10.4. The van der Waals surface area contributed by atoms with Crippen molar-refractivity contribution < 1.29 is 4.74 Å². The molecular formula is C12H21NOS. The average molecular weight is 227 g/mol. The van der Waals surface area contributed by atoms with Crippen molar-refractivity contribution in [1.82, 2.24) is 5.32 Å². The van der Waals surface area contributed by atoms with E-state index in [2.05, 4.69) is 11.6 Å². The van der Waals surface area contributed by atoms with Crippen LogP contribution in [-0.4, -0.2) is 37.3 Å². The van der Waals surface area contributed by atoms with Crippen LogP contribution < -0.4 is 5.32 Å². The normalized spacial score (nSPS) is 41.0. The Morgan fingerprint density at radius 3 is 3.00 bits per heavy atom. The van der Waals surface area contributed by atoms with Gasteiger partial charge in [-0.1, -0.05) is 6.42 Å². The van der Waals surface area contributed by atoms with E-state index in [1.165, 1.54) is 38.0 Å². The van der Waals surface area contributed by atoms with Crippen molar-refractivity contribution in [3.63, 3.8) is 0 Å². The summed E-state index contributed by atoms with van der Waals surface area (Å²) in [6, 6.07) is 0.783.